The first-order valence-electron chi connectivity index (χ1n) is 7.15. The predicted octanol–water partition coefficient (Wildman–Crippen LogP) is 2.80. The van der Waals surface area contributed by atoms with Crippen molar-refractivity contribution in [2.24, 2.45) is 0 Å². The molecule has 0 fully saturated rings. The smallest absolute Gasteiger partial charge is 0.416 e. The number of phenols is 1. The van der Waals surface area contributed by atoms with Crippen molar-refractivity contribution in [1.29, 1.82) is 0 Å². The number of benzene rings is 2. The molecule has 3 N–H and O–H groups in total. The average molecular weight is 339 g/mol. The van der Waals surface area contributed by atoms with Gasteiger partial charge in [0.15, 0.2) is 0 Å². The van der Waals surface area contributed by atoms with E-state index in [1.807, 2.05) is 0 Å². The highest BCUT2D eigenvalue weighted by Gasteiger charge is 2.30. The van der Waals surface area contributed by atoms with Crippen LogP contribution in [0, 0.1) is 0 Å². The normalized spacial score (nSPS) is 12.7. The van der Waals surface area contributed by atoms with Crippen LogP contribution in [0.25, 0.3) is 0 Å². The Morgan fingerprint density at radius 2 is 1.83 bits per heavy atom. The fraction of sp³-hybridized carbons (Fsp3) is 0.235. The number of aliphatic hydroxyl groups is 1. The summed E-state index contributed by atoms with van der Waals surface area (Å²) in [4.78, 5) is 11.8. The average Bonchev–Trinajstić information content (AvgIpc) is 2.52. The molecule has 0 radical (unpaired) electrons. The van der Waals surface area contributed by atoms with Crippen LogP contribution < -0.4 is 5.32 Å². The molecule has 128 valence electrons. The van der Waals surface area contributed by atoms with Gasteiger partial charge in [0.25, 0.3) is 0 Å². The Hall–Kier alpha value is -2.54. The first-order valence-corrected chi connectivity index (χ1v) is 7.15. The van der Waals surface area contributed by atoms with Crippen LogP contribution in [0.1, 0.15) is 22.8 Å². The number of hydrogen-bond donors (Lipinski definition) is 3. The number of carbonyl (C=O) groups is 1. The van der Waals surface area contributed by atoms with E-state index in [0.29, 0.717) is 5.56 Å². The Kier molecular flexibility index (Phi) is 5.46. The van der Waals surface area contributed by atoms with Gasteiger partial charge >= 0.3 is 6.18 Å². The molecule has 0 bridgehead atoms. The van der Waals surface area contributed by atoms with Crippen LogP contribution in [-0.4, -0.2) is 22.7 Å². The number of alkyl halides is 3. The van der Waals surface area contributed by atoms with Gasteiger partial charge in [0.05, 0.1) is 18.1 Å². The third kappa shape index (κ3) is 4.99. The Bertz CT molecular complexity index is 716. The molecule has 4 nitrogen and oxygen atoms in total. The quantitative estimate of drug-likeness (QED) is 0.785. The summed E-state index contributed by atoms with van der Waals surface area (Å²) in [5.41, 5.74) is -0.200. The van der Waals surface area contributed by atoms with E-state index >= 15 is 0 Å². The number of halogens is 3. The van der Waals surface area contributed by atoms with Gasteiger partial charge in [-0.3, -0.25) is 4.79 Å². The van der Waals surface area contributed by atoms with E-state index in [2.05, 4.69) is 5.32 Å². The molecule has 0 aromatic heterocycles. The molecule has 0 aliphatic rings. The zero-order valence-electron chi connectivity index (χ0n) is 12.5. The molecule has 0 aliphatic heterocycles. The number of amides is 1. The molecule has 0 saturated heterocycles. The van der Waals surface area contributed by atoms with Gasteiger partial charge in [-0.25, -0.2) is 0 Å². The van der Waals surface area contributed by atoms with Crippen LogP contribution in [0.15, 0.2) is 48.5 Å². The molecule has 0 saturated carbocycles. The number of carbonyl (C=O) groups excluding carboxylic acids is 1. The van der Waals surface area contributed by atoms with Crippen molar-refractivity contribution in [1.82, 2.24) is 5.32 Å². The zero-order valence-corrected chi connectivity index (χ0v) is 12.5. The minimum Gasteiger partial charge on any atom is -0.508 e. The summed E-state index contributed by atoms with van der Waals surface area (Å²) in [6.45, 7) is -0.209. The molecule has 24 heavy (non-hydrogen) atoms. The molecule has 1 unspecified atom stereocenters. The maximum absolute atomic E-state index is 12.6. The Balaban J connectivity index is 1.93. The van der Waals surface area contributed by atoms with Gasteiger partial charge in [0, 0.05) is 6.54 Å². The molecule has 1 atom stereocenters. The summed E-state index contributed by atoms with van der Waals surface area (Å²) in [7, 11) is 0. The number of aromatic hydroxyl groups is 1. The van der Waals surface area contributed by atoms with Crippen molar-refractivity contribution < 1.29 is 28.2 Å². The topological polar surface area (TPSA) is 69.6 Å². The van der Waals surface area contributed by atoms with Crippen LogP contribution in [-0.2, 0) is 17.4 Å². The molecule has 0 spiro atoms. The van der Waals surface area contributed by atoms with Crippen LogP contribution in [0.5, 0.6) is 5.75 Å². The lowest BCUT2D eigenvalue weighted by molar-refractivity contribution is -0.137. The lowest BCUT2D eigenvalue weighted by atomic mass is 10.1. The van der Waals surface area contributed by atoms with E-state index in [-0.39, 0.29) is 24.3 Å². The van der Waals surface area contributed by atoms with Crippen LogP contribution in [0.3, 0.4) is 0 Å². The molecule has 2 aromatic carbocycles. The fourth-order valence-corrected chi connectivity index (χ4v) is 2.16. The van der Waals surface area contributed by atoms with Crippen molar-refractivity contribution in [2.75, 3.05) is 6.54 Å². The largest absolute Gasteiger partial charge is 0.508 e. The number of aliphatic hydroxyl groups excluding tert-OH is 1. The van der Waals surface area contributed by atoms with Crippen molar-refractivity contribution in [3.63, 3.8) is 0 Å². The number of hydrogen-bond acceptors (Lipinski definition) is 3. The SMILES string of the molecule is O=C(Cc1cccc(O)c1)NCC(O)c1cccc(C(F)(F)F)c1. The lowest BCUT2D eigenvalue weighted by Crippen LogP contribution is -2.29. The van der Waals surface area contributed by atoms with Gasteiger partial charge in [-0.2, -0.15) is 13.2 Å². The highest BCUT2D eigenvalue weighted by molar-refractivity contribution is 5.78. The summed E-state index contributed by atoms with van der Waals surface area (Å²) in [6.07, 6.45) is -5.75. The number of phenolic OH excluding ortho intramolecular Hbond substituents is 1. The van der Waals surface area contributed by atoms with E-state index in [0.717, 1.165) is 12.1 Å². The second-order valence-electron chi connectivity index (χ2n) is 5.29. The molecule has 7 heteroatoms. The van der Waals surface area contributed by atoms with E-state index in [1.54, 1.807) is 12.1 Å². The maximum Gasteiger partial charge on any atom is 0.416 e. The molecular formula is C17H16F3NO3. The second kappa shape index (κ2) is 7.35. The first-order chi connectivity index (χ1) is 11.3. The van der Waals surface area contributed by atoms with E-state index < -0.39 is 23.8 Å². The minimum atomic E-state index is -4.49. The first kappa shape index (κ1) is 17.8. The second-order valence-corrected chi connectivity index (χ2v) is 5.29. The minimum absolute atomic E-state index is 0.0102. The summed E-state index contributed by atoms with van der Waals surface area (Å²) >= 11 is 0. The van der Waals surface area contributed by atoms with E-state index in [1.165, 1.54) is 24.3 Å². The zero-order chi connectivity index (χ0) is 17.7. The van der Waals surface area contributed by atoms with Crippen LogP contribution in [0.4, 0.5) is 13.2 Å². The van der Waals surface area contributed by atoms with Crippen molar-refractivity contribution in [2.45, 2.75) is 18.7 Å². The van der Waals surface area contributed by atoms with E-state index in [9.17, 15) is 28.2 Å². The third-order valence-corrected chi connectivity index (χ3v) is 3.37. The van der Waals surface area contributed by atoms with Crippen molar-refractivity contribution in [3.05, 3.63) is 65.2 Å². The highest BCUT2D eigenvalue weighted by Crippen LogP contribution is 2.30. The van der Waals surface area contributed by atoms with Crippen LogP contribution in [0.2, 0.25) is 0 Å². The standard InChI is InChI=1S/C17H16F3NO3/c18-17(19,20)13-5-2-4-12(9-13)15(23)10-21-16(24)8-11-3-1-6-14(22)7-11/h1-7,9,15,22-23H,8,10H2,(H,21,24). The van der Waals surface area contributed by atoms with Crippen LogP contribution >= 0.6 is 0 Å². The lowest BCUT2D eigenvalue weighted by Gasteiger charge is -2.14. The third-order valence-electron chi connectivity index (χ3n) is 3.37. The molecule has 0 aliphatic carbocycles. The Morgan fingerprint density at radius 1 is 1.12 bits per heavy atom. The molecule has 1 amide bonds. The van der Waals surface area contributed by atoms with Gasteiger partial charge < -0.3 is 15.5 Å². The van der Waals surface area contributed by atoms with Gasteiger partial charge in [0.1, 0.15) is 5.75 Å². The molecule has 2 aromatic rings. The predicted molar refractivity (Wildman–Crippen MR) is 81.2 cm³/mol. The monoisotopic (exact) mass is 339 g/mol. The fourth-order valence-electron chi connectivity index (χ4n) is 2.16. The Labute approximate surface area is 136 Å². The summed E-state index contributed by atoms with van der Waals surface area (Å²) in [6, 6.07) is 10.5. The van der Waals surface area contributed by atoms with Gasteiger partial charge in [-0.05, 0) is 35.4 Å². The van der Waals surface area contributed by atoms with Crippen molar-refractivity contribution in [3.8, 4) is 5.75 Å². The Morgan fingerprint density at radius 3 is 2.50 bits per heavy atom. The number of rotatable bonds is 5. The summed E-state index contributed by atoms with van der Waals surface area (Å²) in [5.74, 6) is -0.379. The van der Waals surface area contributed by atoms with E-state index in [4.69, 9.17) is 0 Å². The molecule has 0 heterocycles. The summed E-state index contributed by atoms with van der Waals surface area (Å²) < 4.78 is 37.9. The van der Waals surface area contributed by atoms with Crippen molar-refractivity contribution >= 4 is 5.91 Å². The summed E-state index contributed by atoms with van der Waals surface area (Å²) in [5, 5.41) is 21.7. The van der Waals surface area contributed by atoms with Gasteiger partial charge in [-0.1, -0.05) is 24.3 Å². The highest BCUT2D eigenvalue weighted by atomic mass is 19.4. The maximum atomic E-state index is 12.6. The molecular weight excluding hydrogens is 323 g/mol. The van der Waals surface area contributed by atoms with Gasteiger partial charge in [0.2, 0.25) is 5.91 Å². The number of nitrogens with one attached hydrogen (secondary N) is 1. The van der Waals surface area contributed by atoms with Gasteiger partial charge in [-0.15, -0.1) is 0 Å². The molecule has 2 rings (SSSR count).